The topological polar surface area (TPSA) is 26.3 Å². The average Bonchev–Trinajstić information content (AvgIpc) is 2.36. The van der Waals surface area contributed by atoms with Gasteiger partial charge in [-0.3, -0.25) is 4.79 Å². The highest BCUT2D eigenvalue weighted by molar-refractivity contribution is 5.73. The molecule has 0 amide bonds. The third-order valence-electron chi connectivity index (χ3n) is 2.69. The molecule has 0 aromatic rings. The van der Waals surface area contributed by atoms with Crippen LogP contribution >= 0.6 is 0 Å². The molecule has 0 bridgehead atoms. The van der Waals surface area contributed by atoms with Gasteiger partial charge in [-0.15, -0.1) is 0 Å². The van der Waals surface area contributed by atoms with Gasteiger partial charge >= 0.3 is 5.97 Å². The predicted octanol–water partition coefficient (Wildman–Crippen LogP) is 1.35. The zero-order chi connectivity index (χ0) is 6.97. The molecule has 1 saturated heterocycles. The number of fused-ring (bicyclic) bond motifs is 1. The second-order valence-electron chi connectivity index (χ2n) is 3.25. The van der Waals surface area contributed by atoms with Crippen molar-refractivity contribution in [3.63, 3.8) is 0 Å². The number of cyclic esters (lactones) is 1. The maximum atomic E-state index is 11.1. The van der Waals surface area contributed by atoms with Gasteiger partial charge in [0.25, 0.3) is 0 Å². The molecule has 1 aliphatic carbocycles. The maximum Gasteiger partial charge on any atom is 0.309 e. The van der Waals surface area contributed by atoms with Crippen LogP contribution in [0.15, 0.2) is 0 Å². The minimum atomic E-state index is 0.0637. The molecule has 0 radical (unpaired) electrons. The Morgan fingerprint density at radius 3 is 3.00 bits per heavy atom. The van der Waals surface area contributed by atoms with E-state index in [9.17, 15) is 4.79 Å². The summed E-state index contributed by atoms with van der Waals surface area (Å²) in [4.78, 5) is 11.1. The molecule has 2 aliphatic rings. The predicted molar refractivity (Wildman–Crippen MR) is 36.4 cm³/mol. The second kappa shape index (κ2) is 2.26. The summed E-state index contributed by atoms with van der Waals surface area (Å²) in [7, 11) is 0. The number of carbonyl (C=O) groups is 1. The highest BCUT2D eigenvalue weighted by atomic mass is 16.5. The zero-order valence-electron chi connectivity index (χ0n) is 6.01. The first-order valence-corrected chi connectivity index (χ1v) is 4.04. The summed E-state index contributed by atoms with van der Waals surface area (Å²) in [6, 6.07) is 0. The molecule has 0 N–H and O–H groups in total. The van der Waals surface area contributed by atoms with Gasteiger partial charge in [-0.1, -0.05) is 6.42 Å². The summed E-state index contributed by atoms with van der Waals surface area (Å²) in [5.74, 6) is 1.00. The van der Waals surface area contributed by atoms with Crippen molar-refractivity contribution in [1.82, 2.24) is 0 Å². The van der Waals surface area contributed by atoms with Gasteiger partial charge in [0.1, 0.15) is 0 Å². The van der Waals surface area contributed by atoms with Gasteiger partial charge in [0, 0.05) is 0 Å². The Labute approximate surface area is 60.6 Å². The molecular formula is C8H12O2. The van der Waals surface area contributed by atoms with E-state index < -0.39 is 0 Å². The van der Waals surface area contributed by atoms with E-state index in [2.05, 4.69) is 0 Å². The molecule has 0 aromatic heterocycles. The molecule has 1 heterocycles. The van der Waals surface area contributed by atoms with E-state index in [0.29, 0.717) is 12.5 Å². The number of rotatable bonds is 0. The molecule has 1 aliphatic heterocycles. The molecule has 0 spiro atoms. The van der Waals surface area contributed by atoms with Crippen molar-refractivity contribution < 1.29 is 9.53 Å². The summed E-state index contributed by atoms with van der Waals surface area (Å²) in [6.45, 7) is 0.667. The minimum absolute atomic E-state index is 0.0637. The highest BCUT2D eigenvalue weighted by Crippen LogP contribution is 2.37. The molecule has 2 atom stereocenters. The third kappa shape index (κ3) is 0.825. The monoisotopic (exact) mass is 140 g/mol. The molecule has 0 aromatic carbocycles. The number of carbonyl (C=O) groups excluding carboxylic acids is 1. The van der Waals surface area contributed by atoms with Crippen molar-refractivity contribution in [1.29, 1.82) is 0 Å². The lowest BCUT2D eigenvalue weighted by Gasteiger charge is -2.23. The van der Waals surface area contributed by atoms with E-state index in [-0.39, 0.29) is 11.9 Å². The van der Waals surface area contributed by atoms with E-state index in [1.165, 1.54) is 12.8 Å². The summed E-state index contributed by atoms with van der Waals surface area (Å²) in [6.07, 6.45) is 4.66. The fourth-order valence-corrected chi connectivity index (χ4v) is 2.11. The Hall–Kier alpha value is -0.530. The maximum absolute atomic E-state index is 11.1. The summed E-state index contributed by atoms with van der Waals surface area (Å²) in [5, 5.41) is 0. The number of ether oxygens (including phenoxy) is 1. The first-order valence-electron chi connectivity index (χ1n) is 4.04. The van der Waals surface area contributed by atoms with Crippen LogP contribution < -0.4 is 0 Å². The van der Waals surface area contributed by atoms with E-state index in [1.807, 2.05) is 0 Å². The molecule has 1 saturated carbocycles. The lowest BCUT2D eigenvalue weighted by Crippen LogP contribution is -2.28. The van der Waals surface area contributed by atoms with Gasteiger partial charge < -0.3 is 4.74 Å². The standard InChI is InChI=1S/C8H12O2/c9-8-7-3-1-2-6(7)4-5-10-8/h6-7H,1-5H2/t6-,7+/m0/s1. The lowest BCUT2D eigenvalue weighted by molar-refractivity contribution is -0.155. The first kappa shape index (κ1) is 6.20. The van der Waals surface area contributed by atoms with Crippen LogP contribution in [0.2, 0.25) is 0 Å². The molecule has 56 valence electrons. The fraction of sp³-hybridized carbons (Fsp3) is 0.875. The van der Waals surface area contributed by atoms with Crippen LogP contribution in [0.3, 0.4) is 0 Å². The normalized spacial score (nSPS) is 39.0. The van der Waals surface area contributed by atoms with Crippen LogP contribution in [0.1, 0.15) is 25.7 Å². The summed E-state index contributed by atoms with van der Waals surface area (Å²) < 4.78 is 4.95. The molecule has 2 heteroatoms. The zero-order valence-corrected chi connectivity index (χ0v) is 6.01. The fourth-order valence-electron chi connectivity index (χ4n) is 2.11. The molecule has 2 rings (SSSR count). The summed E-state index contributed by atoms with van der Waals surface area (Å²) in [5.41, 5.74) is 0. The van der Waals surface area contributed by atoms with Crippen LogP contribution in [-0.2, 0) is 9.53 Å². The Balaban J connectivity index is 2.10. The Kier molecular flexibility index (Phi) is 1.40. The van der Waals surface area contributed by atoms with Crippen molar-refractivity contribution in [3.8, 4) is 0 Å². The largest absolute Gasteiger partial charge is 0.465 e. The van der Waals surface area contributed by atoms with E-state index in [1.54, 1.807) is 0 Å². The molecule has 2 nitrogen and oxygen atoms in total. The third-order valence-corrected chi connectivity index (χ3v) is 2.69. The summed E-state index contributed by atoms with van der Waals surface area (Å²) >= 11 is 0. The van der Waals surface area contributed by atoms with E-state index in [4.69, 9.17) is 4.74 Å². The minimum Gasteiger partial charge on any atom is -0.465 e. The van der Waals surface area contributed by atoms with Crippen LogP contribution in [0.25, 0.3) is 0 Å². The smallest absolute Gasteiger partial charge is 0.309 e. The van der Waals surface area contributed by atoms with Crippen LogP contribution in [-0.4, -0.2) is 12.6 Å². The Bertz CT molecular complexity index is 153. The van der Waals surface area contributed by atoms with Gasteiger partial charge in [-0.25, -0.2) is 0 Å². The molecule has 2 fully saturated rings. The van der Waals surface area contributed by atoms with Crippen molar-refractivity contribution in [2.45, 2.75) is 25.7 Å². The lowest BCUT2D eigenvalue weighted by atomic mass is 9.91. The van der Waals surface area contributed by atoms with Gasteiger partial charge in [-0.2, -0.15) is 0 Å². The SMILES string of the molecule is O=C1OCC[C@@H]2CCC[C@@H]12. The van der Waals surface area contributed by atoms with E-state index in [0.717, 1.165) is 12.8 Å². The molecular weight excluding hydrogens is 128 g/mol. The Morgan fingerprint density at radius 1 is 1.30 bits per heavy atom. The first-order chi connectivity index (χ1) is 4.88. The molecule has 10 heavy (non-hydrogen) atoms. The van der Waals surface area contributed by atoms with Gasteiger partial charge in [0.2, 0.25) is 0 Å². The van der Waals surface area contributed by atoms with Crippen LogP contribution in [0, 0.1) is 11.8 Å². The van der Waals surface area contributed by atoms with Crippen LogP contribution in [0.4, 0.5) is 0 Å². The van der Waals surface area contributed by atoms with Gasteiger partial charge in [0.15, 0.2) is 0 Å². The van der Waals surface area contributed by atoms with Crippen molar-refractivity contribution in [2.24, 2.45) is 11.8 Å². The molecule has 0 unspecified atom stereocenters. The number of hydrogen-bond donors (Lipinski definition) is 0. The highest BCUT2D eigenvalue weighted by Gasteiger charge is 2.36. The van der Waals surface area contributed by atoms with Crippen molar-refractivity contribution in [2.75, 3.05) is 6.61 Å². The van der Waals surface area contributed by atoms with Crippen LogP contribution in [0.5, 0.6) is 0 Å². The van der Waals surface area contributed by atoms with E-state index >= 15 is 0 Å². The number of esters is 1. The van der Waals surface area contributed by atoms with Gasteiger partial charge in [-0.05, 0) is 25.2 Å². The van der Waals surface area contributed by atoms with Crippen molar-refractivity contribution in [3.05, 3.63) is 0 Å². The van der Waals surface area contributed by atoms with Crippen molar-refractivity contribution >= 4 is 5.97 Å². The van der Waals surface area contributed by atoms with Gasteiger partial charge in [0.05, 0.1) is 12.5 Å². The average molecular weight is 140 g/mol. The second-order valence-corrected chi connectivity index (χ2v) is 3.25. The quantitative estimate of drug-likeness (QED) is 0.475. The Morgan fingerprint density at radius 2 is 2.20 bits per heavy atom. The number of hydrogen-bond acceptors (Lipinski definition) is 2.